The maximum absolute atomic E-state index is 12.1. The van der Waals surface area contributed by atoms with Crippen LogP contribution in [0.3, 0.4) is 0 Å². The van der Waals surface area contributed by atoms with Gasteiger partial charge in [0.25, 0.3) is 5.56 Å². The lowest BCUT2D eigenvalue weighted by Gasteiger charge is -2.31. The zero-order valence-corrected chi connectivity index (χ0v) is 14.2. The molecule has 0 amide bonds. The second-order valence-corrected chi connectivity index (χ2v) is 6.20. The van der Waals surface area contributed by atoms with Crippen molar-refractivity contribution >= 4 is 22.7 Å². The van der Waals surface area contributed by atoms with Crippen LogP contribution in [0.4, 0.5) is 5.69 Å². The minimum Gasteiger partial charge on any atom is -0.465 e. The fourth-order valence-corrected chi connectivity index (χ4v) is 3.40. The lowest BCUT2D eigenvalue weighted by molar-refractivity contribution is 0.0600. The number of rotatable bonds is 2. The van der Waals surface area contributed by atoms with Gasteiger partial charge in [0, 0.05) is 30.7 Å². The second-order valence-electron chi connectivity index (χ2n) is 6.20. The van der Waals surface area contributed by atoms with E-state index in [9.17, 15) is 14.8 Å². The first kappa shape index (κ1) is 16.1. The number of fused-ring (bicyclic) bond motifs is 2. The number of anilines is 1. The van der Waals surface area contributed by atoms with Gasteiger partial charge in [0.15, 0.2) is 5.65 Å². The van der Waals surface area contributed by atoms with Gasteiger partial charge < -0.3 is 14.8 Å². The molecule has 3 heterocycles. The maximum Gasteiger partial charge on any atom is 0.337 e. The Hall–Kier alpha value is -3.35. The highest BCUT2D eigenvalue weighted by Gasteiger charge is 2.21. The van der Waals surface area contributed by atoms with Gasteiger partial charge in [-0.25, -0.2) is 9.78 Å². The van der Waals surface area contributed by atoms with E-state index in [1.165, 1.54) is 24.9 Å². The molecule has 0 spiro atoms. The number of pyridine rings is 2. The zero-order chi connectivity index (χ0) is 18.3. The average Bonchev–Trinajstić information content (AvgIpc) is 2.69. The molecule has 0 saturated carbocycles. The van der Waals surface area contributed by atoms with Crippen molar-refractivity contribution in [3.8, 4) is 0 Å². The van der Waals surface area contributed by atoms with Crippen molar-refractivity contribution in [2.75, 3.05) is 18.6 Å². The number of methoxy groups -OCH3 is 1. The molecule has 132 valence electrons. The summed E-state index contributed by atoms with van der Waals surface area (Å²) >= 11 is 0. The van der Waals surface area contributed by atoms with E-state index < -0.39 is 5.56 Å². The van der Waals surface area contributed by atoms with E-state index in [0.717, 1.165) is 24.2 Å². The van der Waals surface area contributed by atoms with E-state index in [4.69, 9.17) is 4.74 Å². The summed E-state index contributed by atoms with van der Waals surface area (Å²) < 4.78 is 5.35. The summed E-state index contributed by atoms with van der Waals surface area (Å²) in [7, 11) is 1.36. The van der Waals surface area contributed by atoms with Crippen molar-refractivity contribution in [2.24, 2.45) is 0 Å². The van der Waals surface area contributed by atoms with Crippen molar-refractivity contribution in [3.63, 3.8) is 0 Å². The van der Waals surface area contributed by atoms with Gasteiger partial charge >= 0.3 is 5.97 Å². The molecule has 1 aliphatic heterocycles. The number of benzene rings is 1. The third-order valence-corrected chi connectivity index (χ3v) is 4.71. The first-order chi connectivity index (χ1) is 12.6. The van der Waals surface area contributed by atoms with E-state index in [0.29, 0.717) is 22.2 Å². The summed E-state index contributed by atoms with van der Waals surface area (Å²) in [6.07, 6.45) is 2.33. The van der Waals surface area contributed by atoms with Crippen LogP contribution in [0.2, 0.25) is 0 Å². The van der Waals surface area contributed by atoms with Gasteiger partial charge in [-0.05, 0) is 41.8 Å². The molecular formula is C19H17N3O4. The van der Waals surface area contributed by atoms with Crippen LogP contribution in [-0.4, -0.2) is 34.5 Å². The minimum absolute atomic E-state index is 0.226. The number of aromatic nitrogens is 2. The molecule has 7 nitrogen and oxygen atoms in total. The Bertz CT molecular complexity index is 1070. The minimum atomic E-state index is -0.527. The Morgan fingerprint density at radius 3 is 2.88 bits per heavy atom. The van der Waals surface area contributed by atoms with Crippen molar-refractivity contribution < 1.29 is 14.7 Å². The standard InChI is InChI=1S/C19H17N3O4/c1-26-19(24)13-5-4-12-6-8-21(11-14(12)9-13)16-10-17(23)22(25)18-15(16)3-2-7-20-18/h2-5,7,9-10,25H,6,8,11H2,1H3. The molecule has 1 aromatic carbocycles. The third kappa shape index (κ3) is 2.57. The van der Waals surface area contributed by atoms with Gasteiger partial charge in [-0.15, -0.1) is 4.73 Å². The van der Waals surface area contributed by atoms with E-state index >= 15 is 0 Å². The van der Waals surface area contributed by atoms with Crippen LogP contribution in [0, 0.1) is 0 Å². The molecule has 0 radical (unpaired) electrons. The summed E-state index contributed by atoms with van der Waals surface area (Å²) in [6.45, 7) is 1.28. The first-order valence-corrected chi connectivity index (χ1v) is 8.23. The predicted octanol–water partition coefficient (Wildman–Crippen LogP) is 1.98. The zero-order valence-electron chi connectivity index (χ0n) is 14.2. The largest absolute Gasteiger partial charge is 0.465 e. The molecule has 2 aromatic heterocycles. The normalized spacial score (nSPS) is 13.5. The van der Waals surface area contributed by atoms with Crippen LogP contribution < -0.4 is 10.5 Å². The highest BCUT2D eigenvalue weighted by atomic mass is 16.5. The monoisotopic (exact) mass is 351 g/mol. The number of hydrogen-bond acceptors (Lipinski definition) is 6. The SMILES string of the molecule is COC(=O)c1ccc2c(c1)CN(c1cc(=O)n(O)c3ncccc13)CC2. The second kappa shape index (κ2) is 6.18. The lowest BCUT2D eigenvalue weighted by Crippen LogP contribution is -2.32. The Morgan fingerprint density at radius 1 is 1.23 bits per heavy atom. The van der Waals surface area contributed by atoms with Crippen molar-refractivity contribution in [3.05, 3.63) is 69.6 Å². The molecule has 4 rings (SSSR count). The van der Waals surface area contributed by atoms with Crippen LogP contribution in [0.5, 0.6) is 0 Å². The number of carbonyl (C=O) groups excluding carboxylic acids is 1. The number of ether oxygens (including phenoxy) is 1. The van der Waals surface area contributed by atoms with Gasteiger partial charge in [0.05, 0.1) is 18.4 Å². The third-order valence-electron chi connectivity index (χ3n) is 4.71. The first-order valence-electron chi connectivity index (χ1n) is 8.23. The Balaban J connectivity index is 1.78. The number of nitrogens with zero attached hydrogens (tertiary/aromatic N) is 3. The van der Waals surface area contributed by atoms with Gasteiger partial charge in [0.2, 0.25) is 0 Å². The molecule has 0 atom stereocenters. The maximum atomic E-state index is 12.1. The van der Waals surface area contributed by atoms with Crippen molar-refractivity contribution in [1.29, 1.82) is 0 Å². The van der Waals surface area contributed by atoms with Crippen LogP contribution in [0.1, 0.15) is 21.5 Å². The van der Waals surface area contributed by atoms with Crippen LogP contribution in [0.25, 0.3) is 11.0 Å². The summed E-state index contributed by atoms with van der Waals surface area (Å²) in [5, 5.41) is 10.6. The molecule has 3 aromatic rings. The molecule has 0 saturated heterocycles. The van der Waals surface area contributed by atoms with Gasteiger partial charge in [-0.1, -0.05) is 6.07 Å². The fraction of sp³-hybridized carbons (Fsp3) is 0.211. The smallest absolute Gasteiger partial charge is 0.337 e. The van der Waals surface area contributed by atoms with Crippen molar-refractivity contribution in [1.82, 2.24) is 9.71 Å². The van der Waals surface area contributed by atoms with E-state index in [2.05, 4.69) is 9.88 Å². The topological polar surface area (TPSA) is 84.7 Å². The van der Waals surface area contributed by atoms with Gasteiger partial charge in [-0.2, -0.15) is 0 Å². The summed E-state index contributed by atoms with van der Waals surface area (Å²) in [4.78, 5) is 30.1. The van der Waals surface area contributed by atoms with Gasteiger partial charge in [0.1, 0.15) is 0 Å². The van der Waals surface area contributed by atoms with E-state index in [1.807, 2.05) is 18.2 Å². The molecule has 0 bridgehead atoms. The average molecular weight is 351 g/mol. The summed E-state index contributed by atoms with van der Waals surface area (Å²) in [5.41, 5.74) is 3.11. The molecule has 0 fully saturated rings. The highest BCUT2D eigenvalue weighted by molar-refractivity contribution is 5.90. The summed E-state index contributed by atoms with van der Waals surface area (Å²) in [5.74, 6) is -0.373. The molecule has 0 aliphatic carbocycles. The van der Waals surface area contributed by atoms with E-state index in [-0.39, 0.29) is 11.6 Å². The van der Waals surface area contributed by atoms with Crippen molar-refractivity contribution in [2.45, 2.75) is 13.0 Å². The number of hydrogen-bond donors (Lipinski definition) is 1. The molecule has 26 heavy (non-hydrogen) atoms. The van der Waals surface area contributed by atoms with Crippen LogP contribution in [0.15, 0.2) is 47.4 Å². The number of carbonyl (C=O) groups is 1. The highest BCUT2D eigenvalue weighted by Crippen LogP contribution is 2.29. The number of esters is 1. The molecular weight excluding hydrogens is 334 g/mol. The van der Waals surface area contributed by atoms with Crippen LogP contribution >= 0.6 is 0 Å². The molecule has 1 aliphatic rings. The Labute approximate surface area is 149 Å². The summed E-state index contributed by atoms with van der Waals surface area (Å²) in [6, 6.07) is 10.6. The quantitative estimate of drug-likeness (QED) is 0.561. The molecule has 7 heteroatoms. The molecule has 1 N–H and O–H groups in total. The predicted molar refractivity (Wildman–Crippen MR) is 95.7 cm³/mol. The fourth-order valence-electron chi connectivity index (χ4n) is 3.40. The molecule has 0 unspecified atom stereocenters. The van der Waals surface area contributed by atoms with E-state index in [1.54, 1.807) is 12.1 Å². The lowest BCUT2D eigenvalue weighted by atomic mass is 9.96. The Morgan fingerprint density at radius 2 is 2.08 bits per heavy atom. The van der Waals surface area contributed by atoms with Crippen LogP contribution in [-0.2, 0) is 17.7 Å². The Kier molecular flexibility index (Phi) is 3.84. The van der Waals surface area contributed by atoms with Gasteiger partial charge in [-0.3, -0.25) is 4.79 Å².